The first-order valence-electron chi connectivity index (χ1n) is 5.54. The van der Waals surface area contributed by atoms with Crippen molar-refractivity contribution < 1.29 is 19.8 Å². The maximum atomic E-state index is 11.7. The molecule has 0 aromatic heterocycles. The van der Waals surface area contributed by atoms with E-state index >= 15 is 0 Å². The lowest BCUT2D eigenvalue weighted by Gasteiger charge is -2.21. The Morgan fingerprint density at radius 3 is 2.38 bits per heavy atom. The molecule has 0 aromatic rings. The van der Waals surface area contributed by atoms with Gasteiger partial charge in [0.15, 0.2) is 0 Å². The number of amides is 1. The number of hydrogen-bond acceptors (Lipinski definition) is 3. The molecule has 1 amide bonds. The number of carbonyl (C=O) groups excluding carboxylic acids is 1. The second-order valence-corrected chi connectivity index (χ2v) is 5.01. The summed E-state index contributed by atoms with van der Waals surface area (Å²) in [5.41, 5.74) is -0.965. The lowest BCUT2D eigenvalue weighted by molar-refractivity contribution is -0.146. The quantitative estimate of drug-likeness (QED) is 0.650. The van der Waals surface area contributed by atoms with Crippen molar-refractivity contribution in [3.8, 4) is 0 Å². The van der Waals surface area contributed by atoms with E-state index in [1.807, 2.05) is 0 Å². The van der Waals surface area contributed by atoms with Crippen molar-refractivity contribution in [2.45, 2.75) is 38.7 Å². The van der Waals surface area contributed by atoms with Gasteiger partial charge >= 0.3 is 5.97 Å². The predicted octanol–water partition coefficient (Wildman–Crippen LogP) is 0.374. The fourth-order valence-electron chi connectivity index (χ4n) is 2.00. The van der Waals surface area contributed by atoms with Crippen LogP contribution in [0.2, 0.25) is 0 Å². The molecule has 1 fully saturated rings. The van der Waals surface area contributed by atoms with Crippen LogP contribution in [0.3, 0.4) is 0 Å². The number of hydrogen-bond donors (Lipinski definition) is 3. The van der Waals surface area contributed by atoms with E-state index < -0.39 is 23.4 Å². The molecule has 0 bridgehead atoms. The zero-order valence-corrected chi connectivity index (χ0v) is 9.69. The van der Waals surface area contributed by atoms with Gasteiger partial charge in [0.05, 0.1) is 17.4 Å². The maximum Gasteiger partial charge on any atom is 0.307 e. The molecule has 0 heterocycles. The van der Waals surface area contributed by atoms with Gasteiger partial charge in [-0.15, -0.1) is 0 Å². The van der Waals surface area contributed by atoms with Crippen LogP contribution in [-0.4, -0.2) is 34.2 Å². The SMILES string of the molecule is CC(C)(O)CNC(=O)C1CCCC1C(=O)O. The zero-order chi connectivity index (χ0) is 12.3. The normalized spacial score (nSPS) is 25.4. The van der Waals surface area contributed by atoms with Crippen molar-refractivity contribution in [2.75, 3.05) is 6.54 Å². The second kappa shape index (κ2) is 4.82. The van der Waals surface area contributed by atoms with Gasteiger partial charge in [0.2, 0.25) is 5.91 Å². The Morgan fingerprint density at radius 1 is 1.31 bits per heavy atom. The lowest BCUT2D eigenvalue weighted by atomic mass is 9.95. The van der Waals surface area contributed by atoms with Gasteiger partial charge in [-0.3, -0.25) is 9.59 Å². The van der Waals surface area contributed by atoms with Crippen molar-refractivity contribution in [1.29, 1.82) is 0 Å². The predicted molar refractivity (Wildman–Crippen MR) is 57.8 cm³/mol. The number of carbonyl (C=O) groups is 2. The van der Waals surface area contributed by atoms with E-state index in [-0.39, 0.29) is 12.5 Å². The number of nitrogens with one attached hydrogen (secondary N) is 1. The van der Waals surface area contributed by atoms with E-state index in [9.17, 15) is 14.7 Å². The molecule has 16 heavy (non-hydrogen) atoms. The average Bonchev–Trinajstić information content (AvgIpc) is 2.61. The first-order valence-corrected chi connectivity index (χ1v) is 5.54. The molecule has 5 nitrogen and oxygen atoms in total. The third-order valence-electron chi connectivity index (χ3n) is 2.87. The largest absolute Gasteiger partial charge is 0.481 e. The Kier molecular flexibility index (Phi) is 3.91. The molecule has 3 N–H and O–H groups in total. The Hall–Kier alpha value is -1.10. The third kappa shape index (κ3) is 3.48. The minimum Gasteiger partial charge on any atom is -0.481 e. The summed E-state index contributed by atoms with van der Waals surface area (Å²) in [7, 11) is 0. The van der Waals surface area contributed by atoms with Gasteiger partial charge in [0.1, 0.15) is 0 Å². The van der Waals surface area contributed by atoms with Crippen molar-refractivity contribution in [3.63, 3.8) is 0 Å². The highest BCUT2D eigenvalue weighted by atomic mass is 16.4. The monoisotopic (exact) mass is 229 g/mol. The van der Waals surface area contributed by atoms with Gasteiger partial charge in [0, 0.05) is 6.54 Å². The molecule has 0 spiro atoms. The summed E-state index contributed by atoms with van der Waals surface area (Å²) in [5.74, 6) is -2.17. The molecular weight excluding hydrogens is 210 g/mol. The smallest absolute Gasteiger partial charge is 0.307 e. The van der Waals surface area contributed by atoms with Crippen molar-refractivity contribution >= 4 is 11.9 Å². The van der Waals surface area contributed by atoms with E-state index in [0.29, 0.717) is 12.8 Å². The fourth-order valence-corrected chi connectivity index (χ4v) is 2.00. The van der Waals surface area contributed by atoms with Crippen LogP contribution in [0.1, 0.15) is 33.1 Å². The Bertz CT molecular complexity index is 282. The highest BCUT2D eigenvalue weighted by Gasteiger charge is 2.37. The highest BCUT2D eigenvalue weighted by molar-refractivity contribution is 5.85. The number of aliphatic hydroxyl groups is 1. The van der Waals surface area contributed by atoms with E-state index in [1.54, 1.807) is 13.8 Å². The molecule has 0 saturated heterocycles. The number of rotatable bonds is 4. The highest BCUT2D eigenvalue weighted by Crippen LogP contribution is 2.32. The summed E-state index contributed by atoms with van der Waals surface area (Å²) in [6.45, 7) is 3.34. The summed E-state index contributed by atoms with van der Waals surface area (Å²) in [6, 6.07) is 0. The van der Waals surface area contributed by atoms with Crippen LogP contribution in [-0.2, 0) is 9.59 Å². The summed E-state index contributed by atoms with van der Waals surface area (Å²) in [4.78, 5) is 22.6. The van der Waals surface area contributed by atoms with Crippen LogP contribution < -0.4 is 5.32 Å². The van der Waals surface area contributed by atoms with Gasteiger partial charge in [0.25, 0.3) is 0 Å². The number of carboxylic acid groups (broad SMARTS) is 1. The molecule has 92 valence electrons. The molecule has 1 aliphatic carbocycles. The number of aliphatic carboxylic acids is 1. The standard InChI is InChI=1S/C11H19NO4/c1-11(2,16)6-12-9(13)7-4-3-5-8(7)10(14)15/h7-8,16H,3-6H2,1-2H3,(H,12,13)(H,14,15). The molecule has 2 atom stereocenters. The minimum absolute atomic E-state index is 0.147. The average molecular weight is 229 g/mol. The van der Waals surface area contributed by atoms with Crippen molar-refractivity contribution in [1.82, 2.24) is 5.32 Å². The van der Waals surface area contributed by atoms with Crippen LogP contribution in [0.25, 0.3) is 0 Å². The molecule has 0 radical (unpaired) electrons. The Morgan fingerprint density at radius 2 is 1.88 bits per heavy atom. The van der Waals surface area contributed by atoms with E-state index in [4.69, 9.17) is 5.11 Å². The lowest BCUT2D eigenvalue weighted by Crippen LogP contribution is -2.42. The zero-order valence-electron chi connectivity index (χ0n) is 9.69. The summed E-state index contributed by atoms with van der Waals surface area (Å²) in [6.07, 6.45) is 1.96. The first kappa shape index (κ1) is 13.0. The first-order chi connectivity index (χ1) is 7.31. The molecule has 1 aliphatic rings. The van der Waals surface area contributed by atoms with E-state index in [0.717, 1.165) is 6.42 Å². The van der Waals surface area contributed by atoms with Crippen LogP contribution in [0, 0.1) is 11.8 Å². The minimum atomic E-state index is -0.965. The molecular formula is C11H19NO4. The molecule has 5 heteroatoms. The van der Waals surface area contributed by atoms with Crippen LogP contribution in [0.4, 0.5) is 0 Å². The number of carboxylic acids is 1. The summed E-state index contributed by atoms with van der Waals surface area (Å²) in [5, 5.41) is 21.0. The topological polar surface area (TPSA) is 86.6 Å². The molecule has 0 aliphatic heterocycles. The van der Waals surface area contributed by atoms with E-state index in [2.05, 4.69) is 5.32 Å². The van der Waals surface area contributed by atoms with Gasteiger partial charge in [-0.1, -0.05) is 6.42 Å². The van der Waals surface area contributed by atoms with Crippen molar-refractivity contribution in [3.05, 3.63) is 0 Å². The van der Waals surface area contributed by atoms with Crippen LogP contribution >= 0.6 is 0 Å². The van der Waals surface area contributed by atoms with Gasteiger partial charge in [-0.25, -0.2) is 0 Å². The molecule has 0 aromatic carbocycles. The Balaban J connectivity index is 2.50. The molecule has 1 rings (SSSR count). The van der Waals surface area contributed by atoms with Crippen LogP contribution in [0.15, 0.2) is 0 Å². The second-order valence-electron chi connectivity index (χ2n) is 5.01. The van der Waals surface area contributed by atoms with Gasteiger partial charge in [-0.05, 0) is 26.7 Å². The third-order valence-corrected chi connectivity index (χ3v) is 2.87. The van der Waals surface area contributed by atoms with Gasteiger partial charge in [-0.2, -0.15) is 0 Å². The summed E-state index contributed by atoms with van der Waals surface area (Å²) >= 11 is 0. The Labute approximate surface area is 94.8 Å². The van der Waals surface area contributed by atoms with E-state index in [1.165, 1.54) is 0 Å². The molecule has 2 unspecified atom stereocenters. The maximum absolute atomic E-state index is 11.7. The van der Waals surface area contributed by atoms with Crippen molar-refractivity contribution in [2.24, 2.45) is 11.8 Å². The summed E-state index contributed by atoms with van der Waals surface area (Å²) < 4.78 is 0. The van der Waals surface area contributed by atoms with Crippen LogP contribution in [0.5, 0.6) is 0 Å². The fraction of sp³-hybridized carbons (Fsp3) is 0.818. The molecule has 1 saturated carbocycles. The van der Waals surface area contributed by atoms with Gasteiger partial charge < -0.3 is 15.5 Å².